The Kier molecular flexibility index (Phi) is 6.09. The average Bonchev–Trinajstić information content (AvgIpc) is 2.82. The van der Waals surface area contributed by atoms with Crippen LogP contribution in [0.5, 0.6) is 0 Å². The molecule has 20 heavy (non-hydrogen) atoms. The molecule has 2 rings (SSSR count). The average molecular weight is 275 g/mol. The highest BCUT2D eigenvalue weighted by Gasteiger charge is 2.13. The largest absolute Gasteiger partial charge is 0.458 e. The van der Waals surface area contributed by atoms with E-state index in [2.05, 4.69) is 31.3 Å². The van der Waals surface area contributed by atoms with Gasteiger partial charge in [-0.2, -0.15) is 0 Å². The van der Waals surface area contributed by atoms with Gasteiger partial charge < -0.3 is 14.5 Å². The van der Waals surface area contributed by atoms with Gasteiger partial charge in [-0.3, -0.25) is 0 Å². The van der Waals surface area contributed by atoms with Gasteiger partial charge in [-0.25, -0.2) is 0 Å². The first-order valence-corrected chi connectivity index (χ1v) is 7.64. The first-order valence-electron chi connectivity index (χ1n) is 7.64. The zero-order valence-corrected chi connectivity index (χ0v) is 12.6. The van der Waals surface area contributed by atoms with E-state index in [9.17, 15) is 0 Å². The number of hydrogen-bond donors (Lipinski definition) is 1. The van der Waals surface area contributed by atoms with Crippen LogP contribution < -0.4 is 5.32 Å². The Bertz CT molecular complexity index is 519. The molecule has 1 N–H and O–H groups in total. The molecule has 3 heteroatoms. The summed E-state index contributed by atoms with van der Waals surface area (Å²) >= 11 is 0. The van der Waals surface area contributed by atoms with Crippen LogP contribution in [0.2, 0.25) is 0 Å². The number of hydrogen-bond acceptors (Lipinski definition) is 3. The van der Waals surface area contributed by atoms with Crippen molar-refractivity contribution in [2.75, 3.05) is 13.2 Å². The molecule has 110 valence electrons. The van der Waals surface area contributed by atoms with Crippen LogP contribution in [0.15, 0.2) is 28.7 Å². The standard InChI is InChI=1S/C17H25NO2/c1-3-5-11-19-13-17-15(12-18-10-4-2)14-8-6-7-9-16(14)20-17/h6-9,18H,3-5,10-13H2,1-2H3. The molecule has 1 aromatic carbocycles. The van der Waals surface area contributed by atoms with Gasteiger partial charge in [0.25, 0.3) is 0 Å². The fraction of sp³-hybridized carbons (Fsp3) is 0.529. The van der Waals surface area contributed by atoms with E-state index in [1.807, 2.05) is 12.1 Å². The first-order chi connectivity index (χ1) is 9.86. The lowest BCUT2D eigenvalue weighted by Gasteiger charge is -2.05. The maximum atomic E-state index is 5.95. The van der Waals surface area contributed by atoms with E-state index in [1.54, 1.807) is 0 Å². The summed E-state index contributed by atoms with van der Waals surface area (Å²) < 4.78 is 11.7. The van der Waals surface area contributed by atoms with Crippen LogP contribution in [0.4, 0.5) is 0 Å². The molecule has 0 bridgehead atoms. The van der Waals surface area contributed by atoms with Crippen molar-refractivity contribution < 1.29 is 9.15 Å². The van der Waals surface area contributed by atoms with Crippen LogP contribution >= 0.6 is 0 Å². The molecule has 2 aromatic rings. The van der Waals surface area contributed by atoms with Crippen molar-refractivity contribution in [3.8, 4) is 0 Å². The third-order valence-corrected chi connectivity index (χ3v) is 3.39. The van der Waals surface area contributed by atoms with E-state index in [1.165, 1.54) is 10.9 Å². The summed E-state index contributed by atoms with van der Waals surface area (Å²) in [7, 11) is 0. The van der Waals surface area contributed by atoms with E-state index in [0.29, 0.717) is 6.61 Å². The van der Waals surface area contributed by atoms with Gasteiger partial charge in [0.1, 0.15) is 18.0 Å². The normalized spacial score (nSPS) is 11.3. The zero-order chi connectivity index (χ0) is 14.2. The predicted octanol–water partition coefficient (Wildman–Crippen LogP) is 4.25. The second-order valence-electron chi connectivity index (χ2n) is 5.08. The van der Waals surface area contributed by atoms with E-state index in [-0.39, 0.29) is 0 Å². The molecule has 0 aliphatic carbocycles. The van der Waals surface area contributed by atoms with Gasteiger partial charge in [0.15, 0.2) is 0 Å². The van der Waals surface area contributed by atoms with E-state index in [4.69, 9.17) is 9.15 Å². The number of ether oxygens (including phenoxy) is 1. The number of fused-ring (bicyclic) bond motifs is 1. The van der Waals surface area contributed by atoms with Crippen LogP contribution in [0.1, 0.15) is 44.4 Å². The minimum atomic E-state index is 0.567. The maximum absolute atomic E-state index is 5.95. The van der Waals surface area contributed by atoms with Crippen molar-refractivity contribution >= 4 is 11.0 Å². The van der Waals surface area contributed by atoms with Crippen LogP contribution in [0, 0.1) is 0 Å². The molecule has 0 spiro atoms. The summed E-state index contributed by atoms with van der Waals surface area (Å²) in [5, 5.41) is 4.66. The van der Waals surface area contributed by atoms with Gasteiger partial charge in [-0.05, 0) is 25.5 Å². The van der Waals surface area contributed by atoms with Crippen LogP contribution in [-0.2, 0) is 17.9 Å². The molecule has 1 aromatic heterocycles. The second kappa shape index (κ2) is 8.08. The smallest absolute Gasteiger partial charge is 0.135 e. The van der Waals surface area contributed by atoms with Crippen molar-refractivity contribution in [2.45, 2.75) is 46.3 Å². The highest BCUT2D eigenvalue weighted by atomic mass is 16.5. The predicted molar refractivity (Wildman–Crippen MR) is 82.8 cm³/mol. The molecule has 0 radical (unpaired) electrons. The summed E-state index contributed by atoms with van der Waals surface area (Å²) in [5.41, 5.74) is 2.19. The number of nitrogens with one attached hydrogen (secondary N) is 1. The zero-order valence-electron chi connectivity index (χ0n) is 12.6. The molecule has 0 saturated heterocycles. The summed E-state index contributed by atoms with van der Waals surface area (Å²) in [6, 6.07) is 8.21. The monoisotopic (exact) mass is 275 g/mol. The maximum Gasteiger partial charge on any atom is 0.135 e. The SMILES string of the molecule is CCCCOCc1oc2ccccc2c1CNCCC. The first kappa shape index (κ1) is 15.1. The third kappa shape index (κ3) is 3.84. The van der Waals surface area contributed by atoms with Crippen molar-refractivity contribution in [3.63, 3.8) is 0 Å². The summed E-state index contributed by atoms with van der Waals surface area (Å²) in [6.45, 7) is 7.58. The molecule has 0 amide bonds. The van der Waals surface area contributed by atoms with Crippen LogP contribution in [0.25, 0.3) is 11.0 Å². The fourth-order valence-corrected chi connectivity index (χ4v) is 2.26. The number of rotatable bonds is 9. The number of furan rings is 1. The highest BCUT2D eigenvalue weighted by molar-refractivity contribution is 5.82. The van der Waals surface area contributed by atoms with Gasteiger partial charge >= 0.3 is 0 Å². The molecule has 0 atom stereocenters. The van der Waals surface area contributed by atoms with Gasteiger partial charge in [0.05, 0.1) is 0 Å². The number of para-hydroxylation sites is 1. The fourth-order valence-electron chi connectivity index (χ4n) is 2.26. The van der Waals surface area contributed by atoms with Gasteiger partial charge in [-0.1, -0.05) is 38.5 Å². The van der Waals surface area contributed by atoms with Crippen molar-refractivity contribution in [1.29, 1.82) is 0 Å². The van der Waals surface area contributed by atoms with Crippen molar-refractivity contribution in [2.24, 2.45) is 0 Å². The quantitative estimate of drug-likeness (QED) is 0.695. The molecule has 0 saturated carbocycles. The molecule has 0 unspecified atom stereocenters. The lowest BCUT2D eigenvalue weighted by Crippen LogP contribution is -2.14. The van der Waals surface area contributed by atoms with Crippen LogP contribution in [-0.4, -0.2) is 13.2 Å². The number of unbranched alkanes of at least 4 members (excludes halogenated alkanes) is 1. The van der Waals surface area contributed by atoms with Crippen molar-refractivity contribution in [3.05, 3.63) is 35.6 Å². The molecular formula is C17H25NO2. The van der Waals surface area contributed by atoms with E-state index < -0.39 is 0 Å². The Morgan fingerprint density at radius 2 is 2.00 bits per heavy atom. The molecule has 0 aliphatic heterocycles. The summed E-state index contributed by atoms with van der Waals surface area (Å²) in [5.74, 6) is 0.964. The third-order valence-electron chi connectivity index (χ3n) is 3.39. The van der Waals surface area contributed by atoms with E-state index in [0.717, 1.165) is 50.3 Å². The number of benzene rings is 1. The van der Waals surface area contributed by atoms with Crippen LogP contribution in [0.3, 0.4) is 0 Å². The lowest BCUT2D eigenvalue weighted by molar-refractivity contribution is 0.104. The Balaban J connectivity index is 2.11. The Morgan fingerprint density at radius 3 is 2.80 bits per heavy atom. The van der Waals surface area contributed by atoms with Gasteiger partial charge in [0, 0.05) is 24.1 Å². The minimum Gasteiger partial charge on any atom is -0.458 e. The molecular weight excluding hydrogens is 250 g/mol. The Hall–Kier alpha value is -1.32. The summed E-state index contributed by atoms with van der Waals surface area (Å²) in [6.07, 6.45) is 3.40. The Morgan fingerprint density at radius 1 is 1.15 bits per heavy atom. The minimum absolute atomic E-state index is 0.567. The topological polar surface area (TPSA) is 34.4 Å². The van der Waals surface area contributed by atoms with Gasteiger partial charge in [0.2, 0.25) is 0 Å². The molecule has 0 fully saturated rings. The molecule has 3 nitrogen and oxygen atoms in total. The highest BCUT2D eigenvalue weighted by Crippen LogP contribution is 2.26. The summed E-state index contributed by atoms with van der Waals surface area (Å²) in [4.78, 5) is 0. The lowest BCUT2D eigenvalue weighted by atomic mass is 10.1. The Labute approximate surface area is 121 Å². The van der Waals surface area contributed by atoms with Crippen molar-refractivity contribution in [1.82, 2.24) is 5.32 Å². The second-order valence-corrected chi connectivity index (χ2v) is 5.08. The van der Waals surface area contributed by atoms with Gasteiger partial charge in [-0.15, -0.1) is 0 Å². The molecule has 1 heterocycles. The van der Waals surface area contributed by atoms with E-state index >= 15 is 0 Å². The molecule has 0 aliphatic rings.